The summed E-state index contributed by atoms with van der Waals surface area (Å²) < 4.78 is 5.49. The van der Waals surface area contributed by atoms with Crippen molar-refractivity contribution in [3.05, 3.63) is 64.5 Å². The van der Waals surface area contributed by atoms with Crippen LogP contribution in [0.15, 0.2) is 48.5 Å². The number of amides is 1. The topological polar surface area (TPSA) is 51.2 Å². The summed E-state index contributed by atoms with van der Waals surface area (Å²) >= 11 is 1.47. The maximum atomic E-state index is 12.1. The minimum Gasteiger partial charge on any atom is -0.484 e. The van der Waals surface area contributed by atoms with Gasteiger partial charge in [0.25, 0.3) is 5.91 Å². The fourth-order valence-corrected chi connectivity index (χ4v) is 3.22. The van der Waals surface area contributed by atoms with E-state index in [2.05, 4.69) is 29.4 Å². The molecule has 25 heavy (non-hydrogen) atoms. The quantitative estimate of drug-likeness (QED) is 0.721. The lowest BCUT2D eigenvalue weighted by atomic mass is 10.1. The van der Waals surface area contributed by atoms with Gasteiger partial charge in [-0.2, -0.15) is 0 Å². The number of carbonyl (C=O) groups is 1. The largest absolute Gasteiger partial charge is 0.484 e. The molecule has 0 unspecified atom stereocenters. The number of rotatable bonds is 5. The number of nitrogens with one attached hydrogen (secondary N) is 1. The number of nitrogens with zero attached hydrogens (tertiary/aromatic N) is 1. The van der Waals surface area contributed by atoms with Crippen molar-refractivity contribution in [2.75, 3.05) is 11.9 Å². The third-order valence-electron chi connectivity index (χ3n) is 3.76. The van der Waals surface area contributed by atoms with E-state index in [4.69, 9.17) is 4.74 Å². The van der Waals surface area contributed by atoms with Crippen LogP contribution < -0.4 is 10.1 Å². The minimum atomic E-state index is -0.218. The Hall–Kier alpha value is -2.66. The summed E-state index contributed by atoms with van der Waals surface area (Å²) in [6.07, 6.45) is 0. The van der Waals surface area contributed by atoms with E-state index in [1.54, 1.807) is 0 Å². The average molecular weight is 352 g/mol. The first-order chi connectivity index (χ1) is 12.0. The molecule has 0 aliphatic carbocycles. The molecule has 0 radical (unpaired) electrons. The van der Waals surface area contributed by atoms with Gasteiger partial charge in [-0.05, 0) is 32.9 Å². The zero-order valence-electron chi connectivity index (χ0n) is 14.5. The minimum absolute atomic E-state index is 0.0401. The summed E-state index contributed by atoms with van der Waals surface area (Å²) in [6.45, 7) is 6.02. The zero-order chi connectivity index (χ0) is 17.8. The van der Waals surface area contributed by atoms with Gasteiger partial charge < -0.3 is 4.74 Å². The van der Waals surface area contributed by atoms with Gasteiger partial charge in [0.1, 0.15) is 5.75 Å². The third kappa shape index (κ3) is 4.45. The van der Waals surface area contributed by atoms with Gasteiger partial charge in [0.05, 0.1) is 5.69 Å². The molecule has 1 N–H and O–H groups in total. The molecule has 128 valence electrons. The van der Waals surface area contributed by atoms with E-state index < -0.39 is 0 Å². The van der Waals surface area contributed by atoms with E-state index in [9.17, 15) is 4.79 Å². The van der Waals surface area contributed by atoms with E-state index in [1.165, 1.54) is 16.9 Å². The van der Waals surface area contributed by atoms with Crippen molar-refractivity contribution in [1.29, 1.82) is 0 Å². The molecule has 2 aromatic carbocycles. The Morgan fingerprint density at radius 2 is 1.60 bits per heavy atom. The van der Waals surface area contributed by atoms with Crippen LogP contribution in [0.3, 0.4) is 0 Å². The molecule has 1 heterocycles. The van der Waals surface area contributed by atoms with Crippen LogP contribution in [-0.2, 0) is 4.79 Å². The van der Waals surface area contributed by atoms with Gasteiger partial charge in [-0.3, -0.25) is 10.1 Å². The van der Waals surface area contributed by atoms with Crippen molar-refractivity contribution in [1.82, 2.24) is 4.98 Å². The van der Waals surface area contributed by atoms with E-state index in [1.807, 2.05) is 50.2 Å². The maximum absolute atomic E-state index is 12.1. The van der Waals surface area contributed by atoms with Crippen LogP contribution in [-0.4, -0.2) is 17.5 Å². The lowest BCUT2D eigenvalue weighted by molar-refractivity contribution is -0.118. The van der Waals surface area contributed by atoms with Crippen LogP contribution in [0.1, 0.15) is 16.0 Å². The standard InChI is InChI=1S/C20H20N2O2S/c1-13-4-8-16(9-5-13)19-15(3)25-20(22-19)21-18(23)12-24-17-10-6-14(2)7-11-17/h4-11H,12H2,1-3H3,(H,21,22,23). The molecule has 0 fully saturated rings. The van der Waals surface area contributed by atoms with Crippen molar-refractivity contribution in [2.45, 2.75) is 20.8 Å². The Morgan fingerprint density at radius 3 is 2.24 bits per heavy atom. The molecule has 1 amide bonds. The van der Waals surface area contributed by atoms with Crippen LogP contribution in [0.4, 0.5) is 5.13 Å². The third-order valence-corrected chi connectivity index (χ3v) is 4.65. The predicted octanol–water partition coefficient (Wildman–Crippen LogP) is 4.75. The highest BCUT2D eigenvalue weighted by Crippen LogP contribution is 2.30. The molecule has 1 aromatic heterocycles. The second kappa shape index (κ2) is 7.49. The second-order valence-electron chi connectivity index (χ2n) is 5.94. The fraction of sp³-hybridized carbons (Fsp3) is 0.200. The molecule has 5 heteroatoms. The van der Waals surface area contributed by atoms with Gasteiger partial charge in [-0.25, -0.2) is 4.98 Å². The molecule has 3 rings (SSSR count). The summed E-state index contributed by atoms with van der Waals surface area (Å²) in [7, 11) is 0. The molecular weight excluding hydrogens is 332 g/mol. The van der Waals surface area contributed by atoms with Gasteiger partial charge in [-0.1, -0.05) is 47.5 Å². The van der Waals surface area contributed by atoms with E-state index in [0.29, 0.717) is 10.9 Å². The molecule has 0 saturated heterocycles. The molecule has 0 aliphatic heterocycles. The predicted molar refractivity (Wildman–Crippen MR) is 102 cm³/mol. The van der Waals surface area contributed by atoms with Gasteiger partial charge in [-0.15, -0.1) is 11.3 Å². The highest BCUT2D eigenvalue weighted by molar-refractivity contribution is 7.16. The number of benzene rings is 2. The number of anilines is 1. The van der Waals surface area contributed by atoms with Gasteiger partial charge >= 0.3 is 0 Å². The summed E-state index contributed by atoms with van der Waals surface area (Å²) in [5.74, 6) is 0.459. The Balaban J connectivity index is 1.62. The molecular formula is C20H20N2O2S. The molecule has 0 bridgehead atoms. The van der Waals surface area contributed by atoms with Crippen LogP contribution in [0.5, 0.6) is 5.75 Å². The monoisotopic (exact) mass is 352 g/mol. The molecule has 0 spiro atoms. The summed E-state index contributed by atoms with van der Waals surface area (Å²) in [5, 5.41) is 3.40. The first-order valence-electron chi connectivity index (χ1n) is 8.05. The molecule has 0 atom stereocenters. The van der Waals surface area contributed by atoms with Crippen LogP contribution in [0.25, 0.3) is 11.3 Å². The zero-order valence-corrected chi connectivity index (χ0v) is 15.3. The molecule has 0 aliphatic rings. The van der Waals surface area contributed by atoms with Crippen molar-refractivity contribution in [3.63, 3.8) is 0 Å². The molecule has 0 saturated carbocycles. The number of hydrogen-bond donors (Lipinski definition) is 1. The van der Waals surface area contributed by atoms with E-state index in [0.717, 1.165) is 21.7 Å². The number of aryl methyl sites for hydroxylation is 3. The van der Waals surface area contributed by atoms with Crippen LogP contribution in [0.2, 0.25) is 0 Å². The highest BCUT2D eigenvalue weighted by atomic mass is 32.1. The Bertz CT molecular complexity index is 868. The first-order valence-corrected chi connectivity index (χ1v) is 8.87. The Morgan fingerprint density at radius 1 is 1.00 bits per heavy atom. The number of ether oxygens (including phenoxy) is 1. The number of hydrogen-bond acceptors (Lipinski definition) is 4. The molecule has 4 nitrogen and oxygen atoms in total. The number of thiazole rings is 1. The van der Waals surface area contributed by atoms with Crippen molar-refractivity contribution in [3.8, 4) is 17.0 Å². The second-order valence-corrected chi connectivity index (χ2v) is 7.14. The van der Waals surface area contributed by atoms with E-state index >= 15 is 0 Å². The number of aromatic nitrogens is 1. The lowest BCUT2D eigenvalue weighted by Crippen LogP contribution is -2.20. The summed E-state index contributed by atoms with van der Waals surface area (Å²) in [4.78, 5) is 17.7. The SMILES string of the molecule is Cc1ccc(OCC(=O)Nc2nc(-c3ccc(C)cc3)c(C)s2)cc1. The van der Waals surface area contributed by atoms with Gasteiger partial charge in [0, 0.05) is 10.4 Å². The smallest absolute Gasteiger partial charge is 0.264 e. The number of carbonyl (C=O) groups excluding carboxylic acids is 1. The highest BCUT2D eigenvalue weighted by Gasteiger charge is 2.12. The van der Waals surface area contributed by atoms with Crippen molar-refractivity contribution < 1.29 is 9.53 Å². The van der Waals surface area contributed by atoms with Crippen LogP contribution in [0, 0.1) is 20.8 Å². The fourth-order valence-electron chi connectivity index (χ4n) is 2.37. The Labute approximate surface area is 151 Å². The van der Waals surface area contributed by atoms with Crippen LogP contribution >= 0.6 is 11.3 Å². The van der Waals surface area contributed by atoms with Gasteiger partial charge in [0.15, 0.2) is 11.7 Å². The van der Waals surface area contributed by atoms with Crippen molar-refractivity contribution in [2.24, 2.45) is 0 Å². The maximum Gasteiger partial charge on any atom is 0.264 e. The average Bonchev–Trinajstić information content (AvgIpc) is 2.95. The van der Waals surface area contributed by atoms with Crippen molar-refractivity contribution >= 4 is 22.4 Å². The summed E-state index contributed by atoms with van der Waals surface area (Å²) in [5.41, 5.74) is 4.31. The normalized spacial score (nSPS) is 10.5. The van der Waals surface area contributed by atoms with E-state index in [-0.39, 0.29) is 12.5 Å². The van der Waals surface area contributed by atoms with Gasteiger partial charge in [0.2, 0.25) is 0 Å². The first kappa shape index (κ1) is 17.2. The summed E-state index contributed by atoms with van der Waals surface area (Å²) in [6, 6.07) is 15.8. The lowest BCUT2D eigenvalue weighted by Gasteiger charge is -2.06. The Kier molecular flexibility index (Phi) is 5.14. The molecule has 3 aromatic rings.